The molecule has 2 aromatic heterocycles. The fourth-order valence-corrected chi connectivity index (χ4v) is 5.04. The van der Waals surface area contributed by atoms with Gasteiger partial charge in [-0.25, -0.2) is 4.98 Å². The third kappa shape index (κ3) is 4.64. The Morgan fingerprint density at radius 1 is 1.27 bits per heavy atom. The van der Waals surface area contributed by atoms with Crippen LogP contribution in [0.4, 0.5) is 11.5 Å². The number of hydrogen-bond acceptors (Lipinski definition) is 8. The Labute approximate surface area is 197 Å². The Balaban J connectivity index is 1.68. The first kappa shape index (κ1) is 23.0. The normalized spacial score (nSPS) is 14.5. The van der Waals surface area contributed by atoms with Crippen LogP contribution in [0.2, 0.25) is 0 Å². The molecule has 1 aliphatic heterocycles. The summed E-state index contributed by atoms with van der Waals surface area (Å²) < 4.78 is 5.36. The van der Waals surface area contributed by atoms with Gasteiger partial charge in [0.05, 0.1) is 18.9 Å². The number of pyridine rings is 1. The van der Waals surface area contributed by atoms with Crippen LogP contribution in [0.3, 0.4) is 0 Å². The van der Waals surface area contributed by atoms with E-state index in [1.165, 1.54) is 16.9 Å². The molecule has 8 nitrogen and oxygen atoms in total. The molecule has 1 amide bonds. The van der Waals surface area contributed by atoms with Crippen molar-refractivity contribution in [1.29, 1.82) is 5.26 Å². The van der Waals surface area contributed by atoms with E-state index in [1.807, 2.05) is 24.3 Å². The molecule has 4 rings (SSSR count). The van der Waals surface area contributed by atoms with Gasteiger partial charge in [0.15, 0.2) is 0 Å². The van der Waals surface area contributed by atoms with E-state index in [1.54, 1.807) is 0 Å². The van der Waals surface area contributed by atoms with Gasteiger partial charge in [-0.2, -0.15) is 5.26 Å². The number of nitrogens with two attached hydrogens (primary N) is 2. The number of nitrogens with zero attached hydrogens (tertiary/aromatic N) is 3. The molecule has 0 aliphatic carbocycles. The van der Waals surface area contributed by atoms with Crippen LogP contribution in [-0.4, -0.2) is 55.2 Å². The minimum absolute atomic E-state index is 0.133. The van der Waals surface area contributed by atoms with Crippen LogP contribution in [0.5, 0.6) is 0 Å². The molecule has 3 heterocycles. The van der Waals surface area contributed by atoms with Crippen molar-refractivity contribution >= 4 is 39.0 Å². The molecular weight excluding hydrogens is 436 g/mol. The minimum Gasteiger partial charge on any atom is -0.397 e. The first-order valence-electron chi connectivity index (χ1n) is 11.0. The maximum Gasteiger partial charge on any atom is 0.263 e. The molecule has 1 saturated heterocycles. The van der Waals surface area contributed by atoms with E-state index in [-0.39, 0.29) is 17.3 Å². The van der Waals surface area contributed by atoms with Gasteiger partial charge in [0, 0.05) is 37.1 Å². The molecule has 0 saturated carbocycles. The molecular formula is C24H28N6O2S. The van der Waals surface area contributed by atoms with Crippen LogP contribution < -0.4 is 16.8 Å². The molecule has 0 spiro atoms. The van der Waals surface area contributed by atoms with Gasteiger partial charge in [-0.15, -0.1) is 11.3 Å². The third-order valence-corrected chi connectivity index (χ3v) is 7.00. The van der Waals surface area contributed by atoms with Gasteiger partial charge >= 0.3 is 0 Å². The molecule has 0 bridgehead atoms. The van der Waals surface area contributed by atoms with E-state index in [0.29, 0.717) is 52.0 Å². The summed E-state index contributed by atoms with van der Waals surface area (Å²) in [5, 5.41) is 13.4. The molecule has 3 aromatic rings. The topological polar surface area (TPSA) is 130 Å². The Hall–Kier alpha value is -3.19. The van der Waals surface area contributed by atoms with Crippen LogP contribution >= 0.6 is 11.3 Å². The molecule has 0 atom stereocenters. The van der Waals surface area contributed by atoms with Crippen molar-refractivity contribution in [3.8, 4) is 17.2 Å². The average molecular weight is 465 g/mol. The van der Waals surface area contributed by atoms with Crippen LogP contribution in [0.1, 0.15) is 40.6 Å². The highest BCUT2D eigenvalue weighted by Gasteiger charge is 2.24. The molecule has 5 N–H and O–H groups in total. The molecule has 1 aliphatic rings. The number of amides is 1. The van der Waals surface area contributed by atoms with Crippen molar-refractivity contribution in [3.05, 3.63) is 40.3 Å². The largest absolute Gasteiger partial charge is 0.397 e. The SMILES string of the molecule is CC(C)c1ccc(-c2c(C#N)c(N)nc3sc(C(=O)NCCN4CCOCC4)c(N)c23)cc1. The lowest BCUT2D eigenvalue weighted by Crippen LogP contribution is -2.41. The Morgan fingerprint density at radius 3 is 2.61 bits per heavy atom. The highest BCUT2D eigenvalue weighted by Crippen LogP contribution is 2.42. The minimum atomic E-state index is -0.248. The number of fused-ring (bicyclic) bond motifs is 1. The fraction of sp³-hybridized carbons (Fsp3) is 0.375. The highest BCUT2D eigenvalue weighted by atomic mass is 32.1. The summed E-state index contributed by atoms with van der Waals surface area (Å²) in [5.41, 5.74) is 15.8. The van der Waals surface area contributed by atoms with Gasteiger partial charge in [-0.1, -0.05) is 38.1 Å². The number of benzene rings is 1. The van der Waals surface area contributed by atoms with Gasteiger partial charge in [0.25, 0.3) is 5.91 Å². The number of rotatable bonds is 6. The maximum absolute atomic E-state index is 12.9. The van der Waals surface area contributed by atoms with Crippen molar-refractivity contribution in [1.82, 2.24) is 15.2 Å². The number of morpholine rings is 1. The van der Waals surface area contributed by atoms with Gasteiger partial charge in [-0.05, 0) is 17.0 Å². The van der Waals surface area contributed by atoms with E-state index >= 15 is 0 Å². The predicted molar refractivity (Wildman–Crippen MR) is 132 cm³/mol. The number of carbonyl (C=O) groups excluding carboxylic acids is 1. The number of carbonyl (C=O) groups is 1. The molecule has 172 valence electrons. The van der Waals surface area contributed by atoms with Gasteiger partial charge < -0.3 is 21.5 Å². The summed E-state index contributed by atoms with van der Waals surface area (Å²) in [6.45, 7) is 8.66. The number of nitrogens with one attached hydrogen (secondary N) is 1. The predicted octanol–water partition coefficient (Wildman–Crippen LogP) is 3.18. The number of anilines is 2. The second-order valence-electron chi connectivity index (χ2n) is 8.37. The summed E-state index contributed by atoms with van der Waals surface area (Å²) in [4.78, 5) is 20.5. The number of nitrogen functional groups attached to an aromatic ring is 2. The van der Waals surface area contributed by atoms with Gasteiger partial charge in [0.2, 0.25) is 0 Å². The average Bonchev–Trinajstić information content (AvgIpc) is 3.14. The van der Waals surface area contributed by atoms with E-state index < -0.39 is 0 Å². The van der Waals surface area contributed by atoms with Crippen LogP contribution in [0.15, 0.2) is 24.3 Å². The smallest absolute Gasteiger partial charge is 0.263 e. The Bertz CT molecular complexity index is 1210. The summed E-state index contributed by atoms with van der Waals surface area (Å²) >= 11 is 1.20. The van der Waals surface area contributed by atoms with Crippen molar-refractivity contribution in [2.24, 2.45) is 0 Å². The molecule has 0 unspecified atom stereocenters. The molecule has 33 heavy (non-hydrogen) atoms. The summed E-state index contributed by atoms with van der Waals surface area (Å²) in [6.07, 6.45) is 0. The zero-order chi connectivity index (χ0) is 23.5. The molecule has 0 radical (unpaired) electrons. The highest BCUT2D eigenvalue weighted by molar-refractivity contribution is 7.21. The van der Waals surface area contributed by atoms with E-state index in [4.69, 9.17) is 16.2 Å². The van der Waals surface area contributed by atoms with Gasteiger partial charge in [0.1, 0.15) is 27.2 Å². The number of ether oxygens (including phenoxy) is 1. The van der Waals surface area contributed by atoms with E-state index in [9.17, 15) is 10.1 Å². The number of nitriles is 1. The fourth-order valence-electron chi connectivity index (χ4n) is 4.01. The molecule has 9 heteroatoms. The standard InChI is InChI=1S/C24H28N6O2S/c1-14(2)15-3-5-16(6-4-15)18-17(13-25)22(27)29-24-19(18)20(26)21(33-24)23(31)28-7-8-30-9-11-32-12-10-30/h3-6,14H,7-12,26H2,1-2H3,(H2,27,29)(H,28,31). The monoisotopic (exact) mass is 464 g/mol. The second-order valence-corrected chi connectivity index (χ2v) is 9.37. The quantitative estimate of drug-likeness (QED) is 0.511. The van der Waals surface area contributed by atoms with E-state index in [0.717, 1.165) is 25.2 Å². The first-order chi connectivity index (χ1) is 15.9. The lowest BCUT2D eigenvalue weighted by atomic mass is 9.94. The second kappa shape index (κ2) is 9.75. The van der Waals surface area contributed by atoms with Crippen molar-refractivity contribution in [2.75, 3.05) is 50.9 Å². The lowest BCUT2D eigenvalue weighted by Gasteiger charge is -2.26. The van der Waals surface area contributed by atoms with E-state index in [2.05, 4.69) is 35.1 Å². The first-order valence-corrected chi connectivity index (χ1v) is 11.8. The van der Waals surface area contributed by atoms with Crippen molar-refractivity contribution in [3.63, 3.8) is 0 Å². The third-order valence-electron chi connectivity index (χ3n) is 5.91. The molecule has 1 aromatic carbocycles. The summed E-state index contributed by atoms with van der Waals surface area (Å²) in [6, 6.07) is 10.2. The molecule has 1 fully saturated rings. The summed E-state index contributed by atoms with van der Waals surface area (Å²) in [5.74, 6) is 0.270. The Morgan fingerprint density at radius 2 is 1.97 bits per heavy atom. The van der Waals surface area contributed by atoms with Crippen LogP contribution in [0, 0.1) is 11.3 Å². The maximum atomic E-state index is 12.9. The Kier molecular flexibility index (Phi) is 6.79. The summed E-state index contributed by atoms with van der Waals surface area (Å²) in [7, 11) is 0. The number of hydrogen-bond donors (Lipinski definition) is 3. The van der Waals surface area contributed by atoms with Crippen molar-refractivity contribution < 1.29 is 9.53 Å². The van der Waals surface area contributed by atoms with Gasteiger partial charge in [-0.3, -0.25) is 9.69 Å². The lowest BCUT2D eigenvalue weighted by molar-refractivity contribution is 0.0383. The zero-order valence-electron chi connectivity index (χ0n) is 18.9. The zero-order valence-corrected chi connectivity index (χ0v) is 19.7. The van der Waals surface area contributed by atoms with Crippen LogP contribution in [0.25, 0.3) is 21.3 Å². The number of thiophene rings is 1. The van der Waals surface area contributed by atoms with Crippen molar-refractivity contribution in [2.45, 2.75) is 19.8 Å². The van der Waals surface area contributed by atoms with Crippen LogP contribution in [-0.2, 0) is 4.74 Å². The number of aromatic nitrogens is 1.